The van der Waals surface area contributed by atoms with Gasteiger partial charge in [0.2, 0.25) is 0 Å². The van der Waals surface area contributed by atoms with Crippen LogP contribution in [-0.4, -0.2) is 9.91 Å². The van der Waals surface area contributed by atoms with Gasteiger partial charge >= 0.3 is 0 Å². The van der Waals surface area contributed by atoms with Crippen LogP contribution in [0.2, 0.25) is 5.02 Å². The first-order valence-electron chi connectivity index (χ1n) is 6.02. The number of nitrogens with one attached hydrogen (secondary N) is 1. The van der Waals surface area contributed by atoms with E-state index in [1.54, 1.807) is 17.4 Å². The van der Waals surface area contributed by atoms with Gasteiger partial charge in [0.1, 0.15) is 10.0 Å². The summed E-state index contributed by atoms with van der Waals surface area (Å²) in [5.41, 5.74) is 1.48. The average Bonchev–Trinajstić information content (AvgIpc) is 2.79. The SMILES string of the molecule is Cc1cnc(C(C)Nc2cc(Cl)c([N+](=O)[O-])cc2C)s1. The third-order valence-corrected chi connectivity index (χ3v) is 4.27. The minimum atomic E-state index is -0.479. The normalized spacial score (nSPS) is 12.2. The summed E-state index contributed by atoms with van der Waals surface area (Å²) in [6, 6.07) is 3.08. The topological polar surface area (TPSA) is 68.1 Å². The molecule has 0 aliphatic heterocycles. The fourth-order valence-corrected chi connectivity index (χ4v) is 2.84. The molecule has 0 spiro atoms. The quantitative estimate of drug-likeness (QED) is 0.667. The maximum absolute atomic E-state index is 10.8. The molecule has 1 atom stereocenters. The van der Waals surface area contributed by atoms with Crippen molar-refractivity contribution in [1.82, 2.24) is 4.98 Å². The zero-order valence-corrected chi connectivity index (χ0v) is 12.9. The lowest BCUT2D eigenvalue weighted by Gasteiger charge is -2.15. The Kier molecular flexibility index (Phi) is 4.25. The van der Waals surface area contributed by atoms with Crippen LogP contribution in [0.15, 0.2) is 18.3 Å². The van der Waals surface area contributed by atoms with E-state index in [0.717, 1.165) is 21.1 Å². The number of halogens is 1. The summed E-state index contributed by atoms with van der Waals surface area (Å²) in [7, 11) is 0. The number of nitro benzene ring substituents is 1. The molecule has 0 aliphatic carbocycles. The van der Waals surface area contributed by atoms with E-state index in [2.05, 4.69) is 10.3 Å². The average molecular weight is 312 g/mol. The standard InChI is InChI=1S/C13H14ClN3O2S/c1-7-4-12(17(18)19)10(14)5-11(7)16-9(3)13-15-6-8(2)20-13/h4-6,9,16H,1-3H3. The molecule has 0 saturated heterocycles. The summed E-state index contributed by atoms with van der Waals surface area (Å²) in [4.78, 5) is 15.8. The van der Waals surface area contributed by atoms with Gasteiger partial charge in [0.15, 0.2) is 0 Å². The number of thiazole rings is 1. The summed E-state index contributed by atoms with van der Waals surface area (Å²) in [6.45, 7) is 5.81. The molecule has 0 radical (unpaired) electrons. The molecule has 106 valence electrons. The van der Waals surface area contributed by atoms with Gasteiger partial charge < -0.3 is 5.32 Å². The fourth-order valence-electron chi connectivity index (χ4n) is 1.83. The first kappa shape index (κ1) is 14.7. The Hall–Kier alpha value is -1.66. The Bertz CT molecular complexity index is 657. The smallest absolute Gasteiger partial charge is 0.288 e. The highest BCUT2D eigenvalue weighted by atomic mass is 35.5. The van der Waals surface area contributed by atoms with Crippen LogP contribution in [0.1, 0.15) is 28.4 Å². The predicted octanol–water partition coefficient (Wildman–Crippen LogP) is 4.49. The van der Waals surface area contributed by atoms with Crippen molar-refractivity contribution in [2.45, 2.75) is 26.8 Å². The number of aryl methyl sites for hydroxylation is 2. The number of aromatic nitrogens is 1. The van der Waals surface area contributed by atoms with Crippen molar-refractivity contribution in [3.8, 4) is 0 Å². The maximum Gasteiger partial charge on any atom is 0.288 e. The Morgan fingerprint density at radius 1 is 1.45 bits per heavy atom. The van der Waals surface area contributed by atoms with Crippen molar-refractivity contribution in [1.29, 1.82) is 0 Å². The summed E-state index contributed by atoms with van der Waals surface area (Å²) >= 11 is 7.55. The van der Waals surface area contributed by atoms with Gasteiger partial charge in [-0.25, -0.2) is 4.98 Å². The molecule has 1 unspecified atom stereocenters. The van der Waals surface area contributed by atoms with Gasteiger partial charge in [0, 0.05) is 22.8 Å². The molecule has 0 fully saturated rings. The number of hydrogen-bond donors (Lipinski definition) is 1. The van der Waals surface area contributed by atoms with Gasteiger partial charge in [-0.05, 0) is 32.4 Å². The summed E-state index contributed by atoms with van der Waals surface area (Å²) in [6.07, 6.45) is 1.83. The van der Waals surface area contributed by atoms with Gasteiger partial charge in [-0.2, -0.15) is 0 Å². The zero-order valence-electron chi connectivity index (χ0n) is 11.3. The molecule has 20 heavy (non-hydrogen) atoms. The van der Waals surface area contributed by atoms with Gasteiger partial charge in [-0.15, -0.1) is 11.3 Å². The van der Waals surface area contributed by atoms with E-state index in [1.807, 2.05) is 27.0 Å². The Labute approximate surface area is 125 Å². The van der Waals surface area contributed by atoms with Crippen molar-refractivity contribution in [3.05, 3.63) is 48.9 Å². The lowest BCUT2D eigenvalue weighted by Crippen LogP contribution is -2.07. The first-order chi connectivity index (χ1) is 9.38. The van der Waals surface area contributed by atoms with E-state index >= 15 is 0 Å². The third-order valence-electron chi connectivity index (χ3n) is 2.87. The van der Waals surface area contributed by atoms with Crippen LogP contribution >= 0.6 is 22.9 Å². The molecule has 0 aliphatic rings. The molecular formula is C13H14ClN3O2S. The van der Waals surface area contributed by atoms with E-state index in [1.165, 1.54) is 6.07 Å². The second kappa shape index (κ2) is 5.76. The number of nitrogens with zero attached hydrogens (tertiary/aromatic N) is 2. The summed E-state index contributed by atoms with van der Waals surface area (Å²) in [5.74, 6) is 0. The minimum Gasteiger partial charge on any atom is -0.376 e. The van der Waals surface area contributed by atoms with Crippen molar-refractivity contribution in [2.24, 2.45) is 0 Å². The van der Waals surface area contributed by atoms with Crippen LogP contribution in [0, 0.1) is 24.0 Å². The Morgan fingerprint density at radius 3 is 2.70 bits per heavy atom. The highest BCUT2D eigenvalue weighted by Crippen LogP contribution is 2.32. The van der Waals surface area contributed by atoms with Crippen LogP contribution in [0.3, 0.4) is 0 Å². The number of hydrogen-bond acceptors (Lipinski definition) is 5. The van der Waals surface area contributed by atoms with Crippen molar-refractivity contribution < 1.29 is 4.92 Å². The van der Waals surface area contributed by atoms with Crippen molar-refractivity contribution in [2.75, 3.05) is 5.32 Å². The first-order valence-corrected chi connectivity index (χ1v) is 7.21. The van der Waals surface area contributed by atoms with Crippen LogP contribution < -0.4 is 5.32 Å². The molecule has 5 nitrogen and oxygen atoms in total. The number of benzene rings is 1. The molecule has 0 amide bonds. The molecule has 0 saturated carbocycles. The minimum absolute atomic E-state index is 0.0184. The second-order valence-corrected chi connectivity index (χ2v) is 6.22. The highest BCUT2D eigenvalue weighted by molar-refractivity contribution is 7.11. The molecule has 1 heterocycles. The Balaban J connectivity index is 2.25. The largest absolute Gasteiger partial charge is 0.376 e. The van der Waals surface area contributed by atoms with E-state index in [4.69, 9.17) is 11.6 Å². The number of nitro groups is 1. The molecule has 1 aromatic heterocycles. The zero-order chi connectivity index (χ0) is 14.9. The molecule has 0 bridgehead atoms. The van der Waals surface area contributed by atoms with E-state index in [9.17, 15) is 10.1 Å². The maximum atomic E-state index is 10.8. The van der Waals surface area contributed by atoms with Crippen molar-refractivity contribution >= 4 is 34.3 Å². The van der Waals surface area contributed by atoms with E-state index in [-0.39, 0.29) is 16.8 Å². The molecule has 7 heteroatoms. The number of rotatable bonds is 4. The highest BCUT2D eigenvalue weighted by Gasteiger charge is 2.17. The molecule has 1 aromatic carbocycles. The van der Waals surface area contributed by atoms with Crippen LogP contribution in [0.25, 0.3) is 0 Å². The summed E-state index contributed by atoms with van der Waals surface area (Å²) < 4.78 is 0. The third kappa shape index (κ3) is 3.08. The predicted molar refractivity (Wildman–Crippen MR) is 81.7 cm³/mol. The molecule has 2 aromatic rings. The lowest BCUT2D eigenvalue weighted by molar-refractivity contribution is -0.384. The van der Waals surface area contributed by atoms with Crippen LogP contribution in [0.5, 0.6) is 0 Å². The fraction of sp³-hybridized carbons (Fsp3) is 0.308. The molecular weight excluding hydrogens is 298 g/mol. The van der Waals surface area contributed by atoms with Crippen molar-refractivity contribution in [3.63, 3.8) is 0 Å². The second-order valence-electron chi connectivity index (χ2n) is 4.55. The summed E-state index contributed by atoms with van der Waals surface area (Å²) in [5, 5.41) is 15.2. The van der Waals surface area contributed by atoms with Crippen LogP contribution in [-0.2, 0) is 0 Å². The van der Waals surface area contributed by atoms with Crippen LogP contribution in [0.4, 0.5) is 11.4 Å². The van der Waals surface area contributed by atoms with Gasteiger partial charge in [-0.1, -0.05) is 11.6 Å². The van der Waals surface area contributed by atoms with Gasteiger partial charge in [0.05, 0.1) is 11.0 Å². The number of anilines is 1. The van der Waals surface area contributed by atoms with Gasteiger partial charge in [-0.3, -0.25) is 10.1 Å². The van der Waals surface area contributed by atoms with Gasteiger partial charge in [0.25, 0.3) is 5.69 Å². The Morgan fingerprint density at radius 2 is 2.15 bits per heavy atom. The lowest BCUT2D eigenvalue weighted by atomic mass is 10.1. The molecule has 1 N–H and O–H groups in total. The molecule has 2 rings (SSSR count). The van der Waals surface area contributed by atoms with E-state index < -0.39 is 4.92 Å². The monoisotopic (exact) mass is 311 g/mol. The van der Waals surface area contributed by atoms with E-state index in [0.29, 0.717) is 0 Å².